The van der Waals surface area contributed by atoms with E-state index < -0.39 is 0 Å². The van der Waals surface area contributed by atoms with Crippen molar-refractivity contribution in [2.24, 2.45) is 5.73 Å². The molecule has 0 aromatic carbocycles. The molecule has 2 aliphatic rings. The van der Waals surface area contributed by atoms with Crippen molar-refractivity contribution in [1.82, 2.24) is 10.1 Å². The van der Waals surface area contributed by atoms with Gasteiger partial charge in [-0.15, -0.1) is 0 Å². The lowest BCUT2D eigenvalue weighted by atomic mass is 9.77. The van der Waals surface area contributed by atoms with Crippen LogP contribution in [0, 0.1) is 0 Å². The van der Waals surface area contributed by atoms with E-state index in [1.807, 2.05) is 6.92 Å². The van der Waals surface area contributed by atoms with Crippen molar-refractivity contribution in [1.29, 1.82) is 0 Å². The maximum Gasteiger partial charge on any atom is 0.255 e. The second kappa shape index (κ2) is 5.82. The minimum atomic E-state index is -0.357. The first-order chi connectivity index (χ1) is 9.67. The molecule has 2 saturated carbocycles. The van der Waals surface area contributed by atoms with Crippen LogP contribution in [0.25, 0.3) is 0 Å². The van der Waals surface area contributed by atoms with E-state index in [0.717, 1.165) is 32.1 Å². The Kier molecular flexibility index (Phi) is 4.08. The van der Waals surface area contributed by atoms with Gasteiger partial charge in [0.25, 0.3) is 5.89 Å². The van der Waals surface area contributed by atoms with Crippen molar-refractivity contribution in [2.45, 2.75) is 82.5 Å². The van der Waals surface area contributed by atoms with Gasteiger partial charge in [0.05, 0.1) is 11.6 Å². The molecule has 0 amide bonds. The molecular formula is C15H25N3O2. The topological polar surface area (TPSA) is 74.2 Å². The maximum absolute atomic E-state index is 6.22. The summed E-state index contributed by atoms with van der Waals surface area (Å²) in [6.07, 6.45) is 10.7. The molecule has 0 spiro atoms. The summed E-state index contributed by atoms with van der Waals surface area (Å²) in [6, 6.07) is 0. The van der Waals surface area contributed by atoms with E-state index in [-0.39, 0.29) is 11.6 Å². The molecule has 3 rings (SSSR count). The summed E-state index contributed by atoms with van der Waals surface area (Å²) in [5.74, 6) is 1.22. The van der Waals surface area contributed by atoms with Gasteiger partial charge in [0, 0.05) is 0 Å². The van der Waals surface area contributed by atoms with Crippen LogP contribution in [-0.4, -0.2) is 16.2 Å². The molecule has 1 aromatic heterocycles. The molecule has 1 atom stereocenters. The van der Waals surface area contributed by atoms with Crippen molar-refractivity contribution >= 4 is 0 Å². The maximum atomic E-state index is 6.22. The average molecular weight is 279 g/mol. The molecule has 0 aliphatic heterocycles. The third kappa shape index (κ3) is 2.88. The molecule has 5 nitrogen and oxygen atoms in total. The second-order valence-electron chi connectivity index (χ2n) is 6.36. The summed E-state index contributed by atoms with van der Waals surface area (Å²) in [7, 11) is 0. The third-order valence-electron chi connectivity index (χ3n) is 4.68. The highest BCUT2D eigenvalue weighted by molar-refractivity contribution is 5.09. The lowest BCUT2D eigenvalue weighted by molar-refractivity contribution is -0.0259. The monoisotopic (exact) mass is 279 g/mol. The molecule has 5 heteroatoms. The van der Waals surface area contributed by atoms with Crippen LogP contribution in [0.1, 0.15) is 82.5 Å². The van der Waals surface area contributed by atoms with E-state index in [4.69, 9.17) is 15.0 Å². The van der Waals surface area contributed by atoms with Gasteiger partial charge in [-0.25, -0.2) is 0 Å². The second-order valence-corrected chi connectivity index (χ2v) is 6.36. The van der Waals surface area contributed by atoms with E-state index in [1.54, 1.807) is 0 Å². The molecule has 2 N–H and O–H groups in total. The Labute approximate surface area is 120 Å². The van der Waals surface area contributed by atoms with Gasteiger partial charge in [0.1, 0.15) is 6.10 Å². The fraction of sp³-hybridized carbons (Fsp3) is 0.867. The molecule has 112 valence electrons. The molecule has 2 aliphatic carbocycles. The van der Waals surface area contributed by atoms with Gasteiger partial charge in [0.2, 0.25) is 0 Å². The summed E-state index contributed by atoms with van der Waals surface area (Å²) in [5, 5.41) is 4.05. The van der Waals surface area contributed by atoms with E-state index >= 15 is 0 Å². The van der Waals surface area contributed by atoms with E-state index in [0.29, 0.717) is 17.8 Å². The summed E-state index contributed by atoms with van der Waals surface area (Å²) < 4.78 is 11.5. The number of nitrogens with two attached hydrogens (primary N) is 1. The Hall–Kier alpha value is -0.940. The minimum Gasteiger partial charge on any atom is -0.365 e. The predicted octanol–water partition coefficient (Wildman–Crippen LogP) is 3.21. The molecule has 1 heterocycles. The molecule has 20 heavy (non-hydrogen) atoms. The fourth-order valence-corrected chi connectivity index (χ4v) is 3.11. The van der Waals surface area contributed by atoms with Crippen LogP contribution in [0.2, 0.25) is 0 Å². The standard InChI is InChI=1S/C15H25N3O2/c1-11(19-12-7-4-2-3-5-8-12)13-17-14(18-20-13)15(16)9-6-10-15/h11-12H,2-10,16H2,1H3. The Balaban J connectivity index is 1.60. The van der Waals surface area contributed by atoms with Crippen LogP contribution in [0.5, 0.6) is 0 Å². The van der Waals surface area contributed by atoms with Crippen molar-refractivity contribution in [2.75, 3.05) is 0 Å². The van der Waals surface area contributed by atoms with Crippen molar-refractivity contribution in [3.63, 3.8) is 0 Å². The van der Waals surface area contributed by atoms with Crippen molar-refractivity contribution < 1.29 is 9.26 Å². The third-order valence-corrected chi connectivity index (χ3v) is 4.68. The number of hydrogen-bond acceptors (Lipinski definition) is 5. The summed E-state index contributed by atoms with van der Waals surface area (Å²) in [5.41, 5.74) is 5.86. The van der Waals surface area contributed by atoms with Crippen molar-refractivity contribution in [3.05, 3.63) is 11.7 Å². The van der Waals surface area contributed by atoms with Crippen LogP contribution in [0.3, 0.4) is 0 Å². The zero-order chi connectivity index (χ0) is 14.0. The first-order valence-electron chi connectivity index (χ1n) is 7.96. The molecule has 0 bridgehead atoms. The van der Waals surface area contributed by atoms with Crippen LogP contribution in [0.15, 0.2) is 4.52 Å². The number of aromatic nitrogens is 2. The van der Waals surface area contributed by atoms with Crippen molar-refractivity contribution in [3.8, 4) is 0 Å². The highest BCUT2D eigenvalue weighted by Gasteiger charge is 2.39. The Morgan fingerprint density at radius 1 is 1.20 bits per heavy atom. The van der Waals surface area contributed by atoms with Gasteiger partial charge in [-0.2, -0.15) is 4.98 Å². The molecule has 1 aromatic rings. The molecule has 2 fully saturated rings. The number of rotatable bonds is 4. The Morgan fingerprint density at radius 3 is 2.50 bits per heavy atom. The van der Waals surface area contributed by atoms with Gasteiger partial charge in [-0.3, -0.25) is 0 Å². The van der Waals surface area contributed by atoms with Gasteiger partial charge in [-0.1, -0.05) is 30.8 Å². The van der Waals surface area contributed by atoms with Crippen LogP contribution >= 0.6 is 0 Å². The van der Waals surface area contributed by atoms with E-state index in [9.17, 15) is 0 Å². The quantitative estimate of drug-likeness (QED) is 0.857. The zero-order valence-electron chi connectivity index (χ0n) is 12.3. The van der Waals surface area contributed by atoms with Crippen LogP contribution in [-0.2, 0) is 10.3 Å². The lowest BCUT2D eigenvalue weighted by Gasteiger charge is -2.34. The molecule has 0 saturated heterocycles. The lowest BCUT2D eigenvalue weighted by Crippen LogP contribution is -2.44. The number of nitrogens with zero attached hydrogens (tertiary/aromatic N) is 2. The Bertz CT molecular complexity index is 434. The number of hydrogen-bond donors (Lipinski definition) is 1. The average Bonchev–Trinajstić information content (AvgIpc) is 2.77. The van der Waals surface area contributed by atoms with Crippen LogP contribution < -0.4 is 5.73 Å². The van der Waals surface area contributed by atoms with Gasteiger partial charge in [0.15, 0.2) is 5.82 Å². The Morgan fingerprint density at radius 2 is 1.90 bits per heavy atom. The summed E-state index contributed by atoms with van der Waals surface area (Å²) in [4.78, 5) is 4.47. The molecule has 0 radical (unpaired) electrons. The number of ether oxygens (including phenoxy) is 1. The van der Waals surface area contributed by atoms with Gasteiger partial charge < -0.3 is 15.0 Å². The zero-order valence-corrected chi connectivity index (χ0v) is 12.3. The fourth-order valence-electron chi connectivity index (χ4n) is 3.11. The smallest absolute Gasteiger partial charge is 0.255 e. The van der Waals surface area contributed by atoms with E-state index in [1.165, 1.54) is 25.7 Å². The van der Waals surface area contributed by atoms with Crippen LogP contribution in [0.4, 0.5) is 0 Å². The SMILES string of the molecule is CC(OC1CCCCCC1)c1nc(C2(N)CCC2)no1. The van der Waals surface area contributed by atoms with Gasteiger partial charge >= 0.3 is 0 Å². The minimum absolute atomic E-state index is 0.136. The highest BCUT2D eigenvalue weighted by atomic mass is 16.5. The highest BCUT2D eigenvalue weighted by Crippen LogP contribution is 2.37. The normalized spacial score (nSPS) is 24.9. The first kappa shape index (κ1) is 14.0. The predicted molar refractivity (Wildman–Crippen MR) is 75.0 cm³/mol. The van der Waals surface area contributed by atoms with Gasteiger partial charge in [-0.05, 0) is 39.0 Å². The first-order valence-corrected chi connectivity index (χ1v) is 7.96. The largest absolute Gasteiger partial charge is 0.365 e. The molecule has 1 unspecified atom stereocenters. The summed E-state index contributed by atoms with van der Waals surface area (Å²) >= 11 is 0. The summed E-state index contributed by atoms with van der Waals surface area (Å²) in [6.45, 7) is 1.99. The van der Waals surface area contributed by atoms with E-state index in [2.05, 4.69) is 10.1 Å². The molecular weight excluding hydrogens is 254 g/mol.